The molecule has 2 aromatic rings. The van der Waals surface area contributed by atoms with Crippen molar-refractivity contribution in [3.63, 3.8) is 0 Å². The molecule has 1 heterocycles. The zero-order valence-electron chi connectivity index (χ0n) is 11.8. The maximum atomic E-state index is 12.1. The predicted molar refractivity (Wildman–Crippen MR) is 80.4 cm³/mol. The molecule has 0 unspecified atom stereocenters. The number of aromatic nitrogens is 2. The van der Waals surface area contributed by atoms with Crippen LogP contribution in [-0.2, 0) is 12.8 Å². The van der Waals surface area contributed by atoms with E-state index in [1.165, 1.54) is 5.56 Å². The van der Waals surface area contributed by atoms with Crippen molar-refractivity contribution in [2.45, 2.75) is 31.8 Å². The SMILES string of the molecule is Cc1nnsc1C(=O)NC[C@@]1(O)CCc2ccccc2C1. The van der Waals surface area contributed by atoms with Crippen LogP contribution < -0.4 is 5.32 Å². The van der Waals surface area contributed by atoms with Gasteiger partial charge in [-0.05, 0) is 42.4 Å². The fourth-order valence-electron chi connectivity index (χ4n) is 2.70. The minimum Gasteiger partial charge on any atom is -0.388 e. The predicted octanol–water partition coefficient (Wildman–Crippen LogP) is 1.50. The molecule has 0 bridgehead atoms. The Balaban J connectivity index is 1.66. The second kappa shape index (κ2) is 5.54. The summed E-state index contributed by atoms with van der Waals surface area (Å²) in [6.07, 6.45) is 2.07. The Morgan fingerprint density at radius 1 is 1.43 bits per heavy atom. The smallest absolute Gasteiger partial charge is 0.265 e. The van der Waals surface area contributed by atoms with Gasteiger partial charge in [-0.3, -0.25) is 4.79 Å². The summed E-state index contributed by atoms with van der Waals surface area (Å²) in [5.74, 6) is -0.213. The van der Waals surface area contributed by atoms with E-state index in [0.717, 1.165) is 23.5 Å². The molecule has 1 aromatic heterocycles. The van der Waals surface area contributed by atoms with Gasteiger partial charge in [-0.15, -0.1) is 5.10 Å². The van der Waals surface area contributed by atoms with Crippen molar-refractivity contribution in [1.29, 1.82) is 0 Å². The monoisotopic (exact) mass is 303 g/mol. The Morgan fingerprint density at radius 2 is 2.19 bits per heavy atom. The summed E-state index contributed by atoms with van der Waals surface area (Å²) < 4.78 is 3.75. The lowest BCUT2D eigenvalue weighted by Crippen LogP contribution is -2.46. The van der Waals surface area contributed by atoms with E-state index < -0.39 is 5.60 Å². The first kappa shape index (κ1) is 14.2. The van der Waals surface area contributed by atoms with Crippen molar-refractivity contribution in [2.24, 2.45) is 0 Å². The van der Waals surface area contributed by atoms with Crippen LogP contribution in [0.2, 0.25) is 0 Å². The number of aryl methyl sites for hydroxylation is 2. The molecule has 0 spiro atoms. The van der Waals surface area contributed by atoms with Gasteiger partial charge < -0.3 is 10.4 Å². The van der Waals surface area contributed by atoms with Crippen molar-refractivity contribution in [1.82, 2.24) is 14.9 Å². The number of carbonyl (C=O) groups is 1. The highest BCUT2D eigenvalue weighted by molar-refractivity contribution is 7.07. The van der Waals surface area contributed by atoms with Gasteiger partial charge in [-0.25, -0.2) is 0 Å². The lowest BCUT2D eigenvalue weighted by atomic mass is 9.80. The first-order valence-corrected chi connectivity index (χ1v) is 7.71. The van der Waals surface area contributed by atoms with E-state index >= 15 is 0 Å². The molecule has 110 valence electrons. The highest BCUT2D eigenvalue weighted by Crippen LogP contribution is 2.28. The minimum absolute atomic E-state index is 0.213. The van der Waals surface area contributed by atoms with Crippen molar-refractivity contribution < 1.29 is 9.90 Å². The van der Waals surface area contributed by atoms with Crippen LogP contribution in [0.1, 0.15) is 32.9 Å². The van der Waals surface area contributed by atoms with Gasteiger partial charge >= 0.3 is 0 Å². The zero-order chi connectivity index (χ0) is 14.9. The summed E-state index contributed by atoms with van der Waals surface area (Å²) in [5, 5.41) is 17.3. The molecule has 3 rings (SSSR count). The van der Waals surface area contributed by atoms with Gasteiger partial charge in [0, 0.05) is 13.0 Å². The Kier molecular flexibility index (Phi) is 3.73. The lowest BCUT2D eigenvalue weighted by Gasteiger charge is -2.33. The number of rotatable bonds is 3. The number of amides is 1. The summed E-state index contributed by atoms with van der Waals surface area (Å²) in [7, 11) is 0. The summed E-state index contributed by atoms with van der Waals surface area (Å²) >= 11 is 1.08. The second-order valence-corrected chi connectivity index (χ2v) is 6.29. The van der Waals surface area contributed by atoms with Crippen LogP contribution in [0.3, 0.4) is 0 Å². The molecule has 2 N–H and O–H groups in total. The van der Waals surface area contributed by atoms with Crippen LogP contribution in [0.25, 0.3) is 0 Å². The first-order valence-electron chi connectivity index (χ1n) is 6.94. The van der Waals surface area contributed by atoms with Crippen LogP contribution in [0.4, 0.5) is 0 Å². The quantitative estimate of drug-likeness (QED) is 0.901. The van der Waals surface area contributed by atoms with Gasteiger partial charge in [0.2, 0.25) is 0 Å². The van der Waals surface area contributed by atoms with Crippen LogP contribution >= 0.6 is 11.5 Å². The van der Waals surface area contributed by atoms with Gasteiger partial charge in [-0.1, -0.05) is 28.8 Å². The molecule has 21 heavy (non-hydrogen) atoms. The van der Waals surface area contributed by atoms with E-state index in [1.54, 1.807) is 6.92 Å². The van der Waals surface area contributed by atoms with Crippen LogP contribution in [0, 0.1) is 6.92 Å². The first-order chi connectivity index (χ1) is 10.1. The van der Waals surface area contributed by atoms with Gasteiger partial charge in [0.25, 0.3) is 5.91 Å². The molecule has 0 radical (unpaired) electrons. The highest BCUT2D eigenvalue weighted by atomic mass is 32.1. The molecule has 1 atom stereocenters. The van der Waals surface area contributed by atoms with E-state index in [9.17, 15) is 9.90 Å². The number of nitrogens with zero attached hydrogens (tertiary/aromatic N) is 2. The molecule has 1 aromatic carbocycles. The van der Waals surface area contributed by atoms with Crippen molar-refractivity contribution in [3.05, 3.63) is 46.0 Å². The van der Waals surface area contributed by atoms with Gasteiger partial charge in [-0.2, -0.15) is 0 Å². The van der Waals surface area contributed by atoms with E-state index in [1.807, 2.05) is 18.2 Å². The fourth-order valence-corrected chi connectivity index (χ4v) is 3.27. The Labute approximate surface area is 127 Å². The molecule has 6 heteroatoms. The summed E-state index contributed by atoms with van der Waals surface area (Å²) in [6, 6.07) is 8.14. The Hall–Kier alpha value is -1.79. The number of hydrogen-bond donors (Lipinski definition) is 2. The number of hydrogen-bond acceptors (Lipinski definition) is 5. The molecule has 5 nitrogen and oxygen atoms in total. The fraction of sp³-hybridized carbons (Fsp3) is 0.400. The third-order valence-electron chi connectivity index (χ3n) is 3.93. The van der Waals surface area contributed by atoms with Crippen molar-refractivity contribution in [2.75, 3.05) is 6.54 Å². The lowest BCUT2D eigenvalue weighted by molar-refractivity contribution is 0.0260. The molecule has 0 fully saturated rings. The van der Waals surface area contributed by atoms with Crippen molar-refractivity contribution in [3.8, 4) is 0 Å². The number of carbonyl (C=O) groups excluding carboxylic acids is 1. The maximum absolute atomic E-state index is 12.1. The second-order valence-electron chi connectivity index (χ2n) is 5.54. The average Bonchev–Trinajstić information content (AvgIpc) is 2.91. The maximum Gasteiger partial charge on any atom is 0.265 e. The van der Waals surface area contributed by atoms with E-state index in [2.05, 4.69) is 21.0 Å². The average molecular weight is 303 g/mol. The number of fused-ring (bicyclic) bond motifs is 1. The molecule has 0 saturated heterocycles. The number of benzene rings is 1. The third kappa shape index (κ3) is 2.96. The number of aliphatic hydroxyl groups is 1. The molecule has 0 aliphatic heterocycles. The van der Waals surface area contributed by atoms with E-state index in [-0.39, 0.29) is 12.5 Å². The topological polar surface area (TPSA) is 75.1 Å². The van der Waals surface area contributed by atoms with Crippen LogP contribution in [0.15, 0.2) is 24.3 Å². The van der Waals surface area contributed by atoms with Gasteiger partial charge in [0.1, 0.15) is 4.88 Å². The van der Waals surface area contributed by atoms with E-state index in [0.29, 0.717) is 23.4 Å². The van der Waals surface area contributed by atoms with Crippen molar-refractivity contribution >= 4 is 17.4 Å². The Morgan fingerprint density at radius 3 is 2.90 bits per heavy atom. The summed E-state index contributed by atoms with van der Waals surface area (Å²) in [6.45, 7) is 2.00. The Bertz CT molecular complexity index is 670. The molecule has 1 aliphatic rings. The summed E-state index contributed by atoms with van der Waals surface area (Å²) in [4.78, 5) is 12.6. The van der Waals surface area contributed by atoms with Crippen LogP contribution in [0.5, 0.6) is 0 Å². The van der Waals surface area contributed by atoms with E-state index in [4.69, 9.17) is 0 Å². The summed E-state index contributed by atoms with van der Waals surface area (Å²) in [5.41, 5.74) is 2.20. The van der Waals surface area contributed by atoms with Gasteiger partial charge in [0.05, 0.1) is 11.3 Å². The number of nitrogens with one attached hydrogen (secondary N) is 1. The van der Waals surface area contributed by atoms with Gasteiger partial charge in [0.15, 0.2) is 0 Å². The van der Waals surface area contributed by atoms with Crippen LogP contribution in [-0.4, -0.2) is 32.7 Å². The molecule has 1 aliphatic carbocycles. The third-order valence-corrected chi connectivity index (χ3v) is 4.76. The highest BCUT2D eigenvalue weighted by Gasteiger charge is 2.32. The molecular formula is C15H17N3O2S. The standard InChI is InChI=1S/C15H17N3O2S/c1-10-13(21-18-17-10)14(19)16-9-15(20)7-6-11-4-2-3-5-12(11)8-15/h2-5,20H,6-9H2,1H3,(H,16,19)/t15-/m1/s1. The minimum atomic E-state index is -0.879. The molecule has 0 saturated carbocycles. The zero-order valence-corrected chi connectivity index (χ0v) is 12.6. The molecule has 1 amide bonds. The molecular weight excluding hydrogens is 286 g/mol. The largest absolute Gasteiger partial charge is 0.388 e. The normalized spacial score (nSPS) is 20.9.